The van der Waals surface area contributed by atoms with E-state index in [2.05, 4.69) is 5.32 Å². The molecule has 15 heavy (non-hydrogen) atoms. The number of hydrogen-bond donors (Lipinski definition) is 1. The predicted molar refractivity (Wildman–Crippen MR) is 55.7 cm³/mol. The van der Waals surface area contributed by atoms with Crippen LogP contribution in [0.5, 0.6) is 11.5 Å². The Labute approximate surface area is 88.1 Å². The third kappa shape index (κ3) is 1.72. The molecule has 0 amide bonds. The van der Waals surface area contributed by atoms with Gasteiger partial charge in [-0.05, 0) is 12.1 Å². The first-order chi connectivity index (χ1) is 7.42. The molecule has 2 heterocycles. The van der Waals surface area contributed by atoms with Crippen LogP contribution in [0.2, 0.25) is 0 Å². The Balaban J connectivity index is 1.77. The van der Waals surface area contributed by atoms with E-state index in [1.807, 2.05) is 18.2 Å². The van der Waals surface area contributed by atoms with Gasteiger partial charge in [-0.1, -0.05) is 0 Å². The number of fused-ring (bicyclic) bond motifs is 1. The summed E-state index contributed by atoms with van der Waals surface area (Å²) in [6.45, 7) is 2.84. The summed E-state index contributed by atoms with van der Waals surface area (Å²) in [6, 6.07) is 6.36. The summed E-state index contributed by atoms with van der Waals surface area (Å²) >= 11 is 0. The molecular formula is C11H13NO3. The number of hydrogen-bond acceptors (Lipinski definition) is 4. The number of anilines is 1. The molecule has 80 valence electrons. The molecule has 3 rings (SSSR count). The molecule has 1 aromatic rings. The van der Waals surface area contributed by atoms with Crippen molar-refractivity contribution < 1.29 is 14.2 Å². The van der Waals surface area contributed by atoms with Crippen molar-refractivity contribution in [3.8, 4) is 11.5 Å². The number of benzene rings is 1. The SMILES string of the molecule is c1cc2c(cc1NC1COC1)OCCO2. The third-order valence-electron chi connectivity index (χ3n) is 2.55. The van der Waals surface area contributed by atoms with Crippen LogP contribution in [-0.4, -0.2) is 32.5 Å². The highest BCUT2D eigenvalue weighted by atomic mass is 16.6. The molecule has 0 radical (unpaired) electrons. The van der Waals surface area contributed by atoms with Crippen molar-refractivity contribution in [2.24, 2.45) is 0 Å². The average molecular weight is 207 g/mol. The van der Waals surface area contributed by atoms with Crippen LogP contribution in [0.1, 0.15) is 0 Å². The second-order valence-corrected chi connectivity index (χ2v) is 3.74. The predicted octanol–water partition coefficient (Wildman–Crippen LogP) is 1.27. The van der Waals surface area contributed by atoms with Crippen molar-refractivity contribution in [3.05, 3.63) is 18.2 Å². The molecule has 0 saturated carbocycles. The lowest BCUT2D eigenvalue weighted by Gasteiger charge is -2.28. The zero-order valence-corrected chi connectivity index (χ0v) is 8.36. The zero-order chi connectivity index (χ0) is 10.1. The van der Waals surface area contributed by atoms with E-state index in [-0.39, 0.29) is 0 Å². The van der Waals surface area contributed by atoms with E-state index >= 15 is 0 Å². The molecule has 0 aliphatic carbocycles. The minimum absolute atomic E-state index is 0.438. The minimum atomic E-state index is 0.438. The van der Waals surface area contributed by atoms with Gasteiger partial charge in [-0.2, -0.15) is 0 Å². The molecule has 0 spiro atoms. The lowest BCUT2D eigenvalue weighted by atomic mass is 10.2. The minimum Gasteiger partial charge on any atom is -0.486 e. The topological polar surface area (TPSA) is 39.7 Å². The van der Waals surface area contributed by atoms with Gasteiger partial charge in [-0.25, -0.2) is 0 Å². The van der Waals surface area contributed by atoms with E-state index in [9.17, 15) is 0 Å². The van der Waals surface area contributed by atoms with Crippen molar-refractivity contribution in [2.75, 3.05) is 31.7 Å². The molecule has 1 aromatic carbocycles. The first-order valence-electron chi connectivity index (χ1n) is 5.16. The van der Waals surface area contributed by atoms with Gasteiger partial charge in [0.15, 0.2) is 11.5 Å². The van der Waals surface area contributed by atoms with Crippen LogP contribution >= 0.6 is 0 Å². The van der Waals surface area contributed by atoms with Crippen LogP contribution in [0.25, 0.3) is 0 Å². The van der Waals surface area contributed by atoms with Crippen LogP contribution in [0.15, 0.2) is 18.2 Å². The second kappa shape index (κ2) is 3.62. The largest absolute Gasteiger partial charge is 0.486 e. The van der Waals surface area contributed by atoms with E-state index in [1.165, 1.54) is 0 Å². The Morgan fingerprint density at radius 3 is 2.60 bits per heavy atom. The fraction of sp³-hybridized carbons (Fsp3) is 0.455. The van der Waals surface area contributed by atoms with Crippen molar-refractivity contribution in [1.82, 2.24) is 0 Å². The van der Waals surface area contributed by atoms with Gasteiger partial charge >= 0.3 is 0 Å². The van der Waals surface area contributed by atoms with Gasteiger partial charge in [0.05, 0.1) is 19.3 Å². The summed E-state index contributed by atoms with van der Waals surface area (Å²) in [5.41, 5.74) is 1.06. The van der Waals surface area contributed by atoms with Gasteiger partial charge in [0.2, 0.25) is 0 Å². The van der Waals surface area contributed by atoms with Crippen molar-refractivity contribution in [3.63, 3.8) is 0 Å². The van der Waals surface area contributed by atoms with E-state index in [4.69, 9.17) is 14.2 Å². The van der Waals surface area contributed by atoms with Crippen LogP contribution in [0.3, 0.4) is 0 Å². The Bertz CT molecular complexity index is 363. The second-order valence-electron chi connectivity index (χ2n) is 3.74. The maximum Gasteiger partial charge on any atom is 0.163 e. The Morgan fingerprint density at radius 2 is 1.87 bits per heavy atom. The maximum atomic E-state index is 5.50. The Kier molecular flexibility index (Phi) is 2.14. The summed E-state index contributed by atoms with van der Waals surface area (Å²) in [5, 5.41) is 3.37. The van der Waals surface area contributed by atoms with Crippen LogP contribution in [0, 0.1) is 0 Å². The fourth-order valence-corrected chi connectivity index (χ4v) is 1.69. The van der Waals surface area contributed by atoms with Crippen LogP contribution in [-0.2, 0) is 4.74 Å². The smallest absolute Gasteiger partial charge is 0.163 e. The molecule has 2 aliphatic rings. The summed E-state index contributed by atoms with van der Waals surface area (Å²) in [4.78, 5) is 0. The quantitative estimate of drug-likeness (QED) is 0.792. The molecule has 1 saturated heterocycles. The third-order valence-corrected chi connectivity index (χ3v) is 2.55. The molecule has 0 unspecified atom stereocenters. The first-order valence-corrected chi connectivity index (χ1v) is 5.16. The highest BCUT2D eigenvalue weighted by Crippen LogP contribution is 2.32. The van der Waals surface area contributed by atoms with Crippen molar-refractivity contribution in [2.45, 2.75) is 6.04 Å². The van der Waals surface area contributed by atoms with E-state index in [1.54, 1.807) is 0 Å². The number of rotatable bonds is 2. The van der Waals surface area contributed by atoms with Gasteiger partial charge in [0.1, 0.15) is 13.2 Å². The average Bonchev–Trinajstić information content (AvgIpc) is 2.23. The Hall–Kier alpha value is -1.42. The number of nitrogens with one attached hydrogen (secondary N) is 1. The number of ether oxygens (including phenoxy) is 3. The molecule has 0 aromatic heterocycles. The molecule has 1 N–H and O–H groups in total. The van der Waals surface area contributed by atoms with Crippen LogP contribution in [0.4, 0.5) is 5.69 Å². The Morgan fingerprint density at radius 1 is 1.07 bits per heavy atom. The molecule has 2 aliphatic heterocycles. The lowest BCUT2D eigenvalue weighted by molar-refractivity contribution is 0.0211. The van der Waals surface area contributed by atoms with E-state index < -0.39 is 0 Å². The van der Waals surface area contributed by atoms with E-state index in [0.29, 0.717) is 19.3 Å². The zero-order valence-electron chi connectivity index (χ0n) is 8.36. The van der Waals surface area contributed by atoms with E-state index in [0.717, 1.165) is 30.4 Å². The fourth-order valence-electron chi connectivity index (χ4n) is 1.69. The van der Waals surface area contributed by atoms with Gasteiger partial charge in [0.25, 0.3) is 0 Å². The summed E-state index contributed by atoms with van der Waals surface area (Å²) < 4.78 is 16.0. The molecule has 4 nitrogen and oxygen atoms in total. The molecule has 1 fully saturated rings. The molecular weight excluding hydrogens is 194 g/mol. The molecule has 0 bridgehead atoms. The lowest BCUT2D eigenvalue weighted by Crippen LogP contribution is -2.40. The van der Waals surface area contributed by atoms with Crippen molar-refractivity contribution in [1.29, 1.82) is 0 Å². The van der Waals surface area contributed by atoms with Gasteiger partial charge in [0, 0.05) is 11.8 Å². The summed E-state index contributed by atoms with van der Waals surface area (Å²) in [5.74, 6) is 1.66. The normalized spacial score (nSPS) is 19.5. The van der Waals surface area contributed by atoms with Crippen LogP contribution < -0.4 is 14.8 Å². The van der Waals surface area contributed by atoms with Gasteiger partial charge < -0.3 is 19.5 Å². The first kappa shape index (κ1) is 8.85. The highest BCUT2D eigenvalue weighted by molar-refractivity contribution is 5.55. The van der Waals surface area contributed by atoms with Gasteiger partial charge in [-0.3, -0.25) is 0 Å². The van der Waals surface area contributed by atoms with Crippen molar-refractivity contribution >= 4 is 5.69 Å². The standard InChI is InChI=1S/C11H13NO3/c1-2-10-11(15-4-3-14-10)5-8(1)12-9-6-13-7-9/h1-2,5,9,12H,3-4,6-7H2. The van der Waals surface area contributed by atoms with Gasteiger partial charge in [-0.15, -0.1) is 0 Å². The summed E-state index contributed by atoms with van der Waals surface area (Å²) in [6.07, 6.45) is 0. The maximum absolute atomic E-state index is 5.50. The highest BCUT2D eigenvalue weighted by Gasteiger charge is 2.19. The molecule has 4 heteroatoms. The summed E-state index contributed by atoms with van der Waals surface area (Å²) in [7, 11) is 0. The monoisotopic (exact) mass is 207 g/mol. The molecule has 0 atom stereocenters.